The number of aromatic nitrogens is 1. The van der Waals surface area contributed by atoms with E-state index in [4.69, 9.17) is 4.74 Å². The maximum Gasteiger partial charge on any atom is 0.231 e. The third kappa shape index (κ3) is 2.04. The lowest BCUT2D eigenvalue weighted by atomic mass is 10.1. The van der Waals surface area contributed by atoms with Gasteiger partial charge in [0.05, 0.1) is 16.6 Å². The van der Waals surface area contributed by atoms with Crippen LogP contribution in [0.5, 0.6) is 5.75 Å². The van der Waals surface area contributed by atoms with Gasteiger partial charge < -0.3 is 9.30 Å². The first-order valence-corrected chi connectivity index (χ1v) is 8.45. The van der Waals surface area contributed by atoms with E-state index in [-0.39, 0.29) is 5.78 Å². The summed E-state index contributed by atoms with van der Waals surface area (Å²) in [4.78, 5) is 12.5. The molecular formula is C23H15NO2. The van der Waals surface area contributed by atoms with Crippen LogP contribution in [0.3, 0.4) is 0 Å². The van der Waals surface area contributed by atoms with Gasteiger partial charge in [0.2, 0.25) is 5.78 Å². The number of carbonyl (C=O) groups excluding carboxylic acids is 1. The van der Waals surface area contributed by atoms with Gasteiger partial charge >= 0.3 is 0 Å². The normalized spacial score (nSPS) is 14.8. The van der Waals surface area contributed by atoms with E-state index in [0.717, 1.165) is 27.4 Å². The summed E-state index contributed by atoms with van der Waals surface area (Å²) in [5.74, 6) is 0.903. The minimum Gasteiger partial charge on any atom is -0.452 e. The first kappa shape index (κ1) is 14.7. The van der Waals surface area contributed by atoms with Crippen LogP contribution in [0.1, 0.15) is 15.9 Å². The van der Waals surface area contributed by atoms with Crippen LogP contribution < -0.4 is 4.74 Å². The van der Waals surface area contributed by atoms with Crippen LogP contribution in [-0.4, -0.2) is 10.4 Å². The predicted molar refractivity (Wildman–Crippen MR) is 105 cm³/mol. The minimum atomic E-state index is -0.0748. The lowest BCUT2D eigenvalue weighted by molar-refractivity contribution is 0.101. The van der Waals surface area contributed by atoms with Crippen LogP contribution in [-0.2, 0) is 0 Å². The third-order valence-corrected chi connectivity index (χ3v) is 4.79. The number of benzene rings is 3. The Labute approximate surface area is 150 Å². The molecule has 3 heteroatoms. The number of hydrogen-bond donors (Lipinski definition) is 0. The Morgan fingerprint density at radius 1 is 0.885 bits per heavy atom. The topological polar surface area (TPSA) is 31.2 Å². The molecule has 2 heterocycles. The van der Waals surface area contributed by atoms with Crippen LogP contribution in [0.4, 0.5) is 0 Å². The molecule has 26 heavy (non-hydrogen) atoms. The van der Waals surface area contributed by atoms with E-state index in [1.165, 1.54) is 0 Å². The monoisotopic (exact) mass is 337 g/mol. The molecule has 0 saturated carbocycles. The van der Waals surface area contributed by atoms with Crippen molar-refractivity contribution in [1.29, 1.82) is 0 Å². The van der Waals surface area contributed by atoms with Gasteiger partial charge in [-0.2, -0.15) is 0 Å². The summed E-state index contributed by atoms with van der Waals surface area (Å²) in [7, 11) is 0. The zero-order valence-electron chi connectivity index (χ0n) is 14.0. The second kappa shape index (κ2) is 5.46. The zero-order chi connectivity index (χ0) is 17.7. The molecular weight excluding hydrogens is 322 g/mol. The Morgan fingerprint density at radius 3 is 2.50 bits per heavy atom. The van der Waals surface area contributed by atoms with Crippen molar-refractivity contribution in [3.63, 3.8) is 0 Å². The molecule has 0 N–H and O–H groups in total. The fourth-order valence-corrected chi connectivity index (χ4v) is 3.59. The van der Waals surface area contributed by atoms with Gasteiger partial charge in [-0.3, -0.25) is 4.79 Å². The summed E-state index contributed by atoms with van der Waals surface area (Å²) in [6.07, 6.45) is 3.63. The smallest absolute Gasteiger partial charge is 0.231 e. The van der Waals surface area contributed by atoms with Crippen LogP contribution in [0.2, 0.25) is 0 Å². The van der Waals surface area contributed by atoms with Gasteiger partial charge in [-0.05, 0) is 42.0 Å². The maximum absolute atomic E-state index is 12.5. The largest absolute Gasteiger partial charge is 0.452 e. The fraction of sp³-hybridized carbons (Fsp3) is 0. The van der Waals surface area contributed by atoms with E-state index in [9.17, 15) is 4.79 Å². The van der Waals surface area contributed by atoms with Gasteiger partial charge in [0.1, 0.15) is 5.75 Å². The summed E-state index contributed by atoms with van der Waals surface area (Å²) in [6, 6.07) is 21.7. The van der Waals surface area contributed by atoms with Gasteiger partial charge in [-0.1, -0.05) is 43.0 Å². The summed E-state index contributed by atoms with van der Waals surface area (Å²) in [6.45, 7) is 3.93. The van der Waals surface area contributed by atoms with Crippen LogP contribution in [0.25, 0.3) is 34.1 Å². The molecule has 0 saturated heterocycles. The van der Waals surface area contributed by atoms with E-state index < -0.39 is 0 Å². The highest BCUT2D eigenvalue weighted by Crippen LogP contribution is 2.33. The fourth-order valence-electron chi connectivity index (χ4n) is 3.59. The van der Waals surface area contributed by atoms with E-state index in [2.05, 4.69) is 35.4 Å². The molecule has 1 aromatic heterocycles. The number of fused-ring (bicyclic) bond motifs is 4. The predicted octanol–water partition coefficient (Wildman–Crippen LogP) is 5.51. The summed E-state index contributed by atoms with van der Waals surface area (Å²) in [5.41, 5.74) is 3.75. The Morgan fingerprint density at radius 2 is 1.65 bits per heavy atom. The Kier molecular flexibility index (Phi) is 3.09. The summed E-state index contributed by atoms with van der Waals surface area (Å²) < 4.78 is 7.82. The number of hydrogen-bond acceptors (Lipinski definition) is 2. The molecule has 1 aliphatic rings. The summed E-state index contributed by atoms with van der Waals surface area (Å²) >= 11 is 0. The minimum absolute atomic E-state index is 0.0748. The lowest BCUT2D eigenvalue weighted by Gasteiger charge is -2.01. The van der Waals surface area contributed by atoms with E-state index in [1.807, 2.05) is 48.7 Å². The van der Waals surface area contributed by atoms with Gasteiger partial charge in [-0.15, -0.1) is 0 Å². The first-order chi connectivity index (χ1) is 12.8. The molecule has 4 aromatic rings. The Bertz CT molecular complexity index is 1240. The molecule has 1 aliphatic heterocycles. The lowest BCUT2D eigenvalue weighted by Crippen LogP contribution is -1.97. The number of ether oxygens (including phenoxy) is 1. The quantitative estimate of drug-likeness (QED) is 0.452. The Hall–Kier alpha value is -3.59. The van der Waals surface area contributed by atoms with Crippen molar-refractivity contribution in [2.75, 3.05) is 0 Å². The van der Waals surface area contributed by atoms with E-state index in [1.54, 1.807) is 6.07 Å². The number of Topliss-reactive ketones (excluding diaryl/α,β-unsaturated/α-hetero) is 1. The van der Waals surface area contributed by atoms with E-state index in [0.29, 0.717) is 17.1 Å². The molecule has 0 fully saturated rings. The highest BCUT2D eigenvalue weighted by molar-refractivity contribution is 6.15. The number of rotatable bonds is 2. The molecule has 3 aromatic carbocycles. The van der Waals surface area contributed by atoms with E-state index >= 15 is 0 Å². The molecule has 0 unspecified atom stereocenters. The molecule has 124 valence electrons. The maximum atomic E-state index is 12.5. The van der Waals surface area contributed by atoms with Crippen molar-refractivity contribution < 1.29 is 9.53 Å². The number of allylic oxidation sites excluding steroid dienone is 1. The highest BCUT2D eigenvalue weighted by Gasteiger charge is 2.26. The van der Waals surface area contributed by atoms with Crippen LogP contribution in [0, 0.1) is 0 Å². The van der Waals surface area contributed by atoms with Gasteiger partial charge in [0.25, 0.3) is 0 Å². The standard InChI is InChI=1S/C23H15NO2/c1-2-24-19-9-5-3-7-16(19)18-13-15(11-12-20(18)24)14-22-23(25)17-8-4-6-10-21(17)26-22/h2-14H,1H2. The van der Waals surface area contributed by atoms with Crippen molar-refractivity contribution in [3.8, 4) is 5.75 Å². The number of carbonyl (C=O) groups is 1. The van der Waals surface area contributed by atoms with Crippen molar-refractivity contribution in [2.24, 2.45) is 0 Å². The molecule has 0 aliphatic carbocycles. The van der Waals surface area contributed by atoms with Crippen molar-refractivity contribution in [3.05, 3.63) is 90.2 Å². The molecule has 0 atom stereocenters. The number of nitrogens with zero attached hydrogens (tertiary/aromatic N) is 1. The second-order valence-corrected chi connectivity index (χ2v) is 6.28. The molecule has 5 rings (SSSR count). The van der Waals surface area contributed by atoms with Crippen LogP contribution in [0.15, 0.2) is 79.1 Å². The molecule has 0 spiro atoms. The first-order valence-electron chi connectivity index (χ1n) is 8.45. The highest BCUT2D eigenvalue weighted by atomic mass is 16.5. The molecule has 0 amide bonds. The molecule has 3 nitrogen and oxygen atoms in total. The average molecular weight is 337 g/mol. The van der Waals surface area contributed by atoms with Crippen molar-refractivity contribution in [1.82, 2.24) is 4.57 Å². The van der Waals surface area contributed by atoms with Gasteiger partial charge in [0, 0.05) is 17.0 Å². The van der Waals surface area contributed by atoms with Crippen LogP contribution >= 0.6 is 0 Å². The SMILES string of the molecule is C=Cn1c2ccccc2c2cc(C=C3Oc4ccccc4C3=O)ccc21. The molecule has 0 bridgehead atoms. The van der Waals surface area contributed by atoms with Crippen molar-refractivity contribution >= 4 is 39.9 Å². The summed E-state index contributed by atoms with van der Waals surface area (Å²) in [5, 5.41) is 2.28. The average Bonchev–Trinajstić information content (AvgIpc) is 3.17. The zero-order valence-corrected chi connectivity index (χ0v) is 14.0. The number of para-hydroxylation sites is 2. The second-order valence-electron chi connectivity index (χ2n) is 6.28. The third-order valence-electron chi connectivity index (χ3n) is 4.79. The number of ketones is 1. The van der Waals surface area contributed by atoms with Crippen molar-refractivity contribution in [2.45, 2.75) is 0 Å². The van der Waals surface area contributed by atoms with Gasteiger partial charge in [-0.25, -0.2) is 0 Å². The Balaban J connectivity index is 1.67. The van der Waals surface area contributed by atoms with Gasteiger partial charge in [0.15, 0.2) is 5.76 Å². The molecule has 0 radical (unpaired) electrons.